The zero-order valence-electron chi connectivity index (χ0n) is 18.1. The Morgan fingerprint density at radius 3 is 2.52 bits per heavy atom. The summed E-state index contributed by atoms with van der Waals surface area (Å²) in [4.78, 5) is 27.3. The van der Waals surface area contributed by atoms with E-state index in [1.165, 1.54) is 4.90 Å². The van der Waals surface area contributed by atoms with Crippen molar-refractivity contribution in [3.63, 3.8) is 0 Å². The Kier molecular flexibility index (Phi) is 8.29. The van der Waals surface area contributed by atoms with Crippen LogP contribution in [0.3, 0.4) is 0 Å². The first-order valence-electron chi connectivity index (χ1n) is 10.6. The monoisotopic (exact) mass is 426 g/mol. The molecule has 0 aromatic heterocycles. The summed E-state index contributed by atoms with van der Waals surface area (Å²) < 4.78 is 16.4. The van der Waals surface area contributed by atoms with Crippen LogP contribution in [0.1, 0.15) is 25.3 Å². The number of ether oxygens (including phenoxy) is 3. The average molecular weight is 427 g/mol. The Hall–Kier alpha value is -3.06. The highest BCUT2D eigenvalue weighted by molar-refractivity contribution is 5.88. The van der Waals surface area contributed by atoms with E-state index in [0.717, 1.165) is 30.8 Å². The largest absolute Gasteiger partial charge is 0.497 e. The molecule has 31 heavy (non-hydrogen) atoms. The van der Waals surface area contributed by atoms with E-state index in [1.807, 2.05) is 42.5 Å². The summed E-state index contributed by atoms with van der Waals surface area (Å²) in [7, 11) is 1.60. The van der Waals surface area contributed by atoms with Gasteiger partial charge in [0, 0.05) is 19.7 Å². The van der Waals surface area contributed by atoms with Crippen molar-refractivity contribution < 1.29 is 23.8 Å². The fraction of sp³-hybridized carbons (Fsp3) is 0.417. The molecule has 0 unspecified atom stereocenters. The maximum Gasteiger partial charge on any atom is 0.261 e. The molecule has 1 saturated heterocycles. The maximum absolute atomic E-state index is 13.0. The van der Waals surface area contributed by atoms with Crippen molar-refractivity contribution in [1.29, 1.82) is 0 Å². The topological polar surface area (TPSA) is 77.1 Å². The number of hydrogen-bond acceptors (Lipinski definition) is 5. The number of amides is 2. The fourth-order valence-electron chi connectivity index (χ4n) is 3.42. The van der Waals surface area contributed by atoms with E-state index in [9.17, 15) is 9.59 Å². The van der Waals surface area contributed by atoms with Gasteiger partial charge in [-0.15, -0.1) is 0 Å². The zero-order chi connectivity index (χ0) is 22.1. The van der Waals surface area contributed by atoms with Crippen LogP contribution in [0.2, 0.25) is 0 Å². The van der Waals surface area contributed by atoms with E-state index in [2.05, 4.69) is 5.32 Å². The SMILES string of the molecule is COc1ccc(CN(C(=O)COc2ccccc2)[C@H](C)C(=O)NC[C@@H]2CCCO2)cc1. The average Bonchev–Trinajstić information content (AvgIpc) is 3.34. The van der Waals surface area contributed by atoms with E-state index in [-0.39, 0.29) is 31.1 Å². The fourth-order valence-corrected chi connectivity index (χ4v) is 3.42. The molecule has 1 aliphatic heterocycles. The second kappa shape index (κ2) is 11.4. The first-order valence-corrected chi connectivity index (χ1v) is 10.6. The highest BCUT2D eigenvalue weighted by Gasteiger charge is 2.27. The van der Waals surface area contributed by atoms with Gasteiger partial charge in [-0.1, -0.05) is 30.3 Å². The van der Waals surface area contributed by atoms with E-state index in [0.29, 0.717) is 12.3 Å². The lowest BCUT2D eigenvalue weighted by atomic mass is 10.1. The van der Waals surface area contributed by atoms with Gasteiger partial charge in [0.05, 0.1) is 13.2 Å². The van der Waals surface area contributed by atoms with Crippen molar-refractivity contribution >= 4 is 11.8 Å². The lowest BCUT2D eigenvalue weighted by Gasteiger charge is -2.29. The van der Waals surface area contributed by atoms with E-state index < -0.39 is 6.04 Å². The number of para-hydroxylation sites is 1. The molecule has 7 heteroatoms. The van der Waals surface area contributed by atoms with Gasteiger partial charge in [-0.25, -0.2) is 0 Å². The molecule has 0 spiro atoms. The molecule has 2 atom stereocenters. The van der Waals surface area contributed by atoms with Gasteiger partial charge in [0.1, 0.15) is 17.5 Å². The number of rotatable bonds is 10. The van der Waals surface area contributed by atoms with Crippen LogP contribution in [0.25, 0.3) is 0 Å². The molecule has 0 bridgehead atoms. The minimum Gasteiger partial charge on any atom is -0.497 e. The van der Waals surface area contributed by atoms with Gasteiger partial charge in [-0.05, 0) is 49.6 Å². The van der Waals surface area contributed by atoms with Gasteiger partial charge in [-0.3, -0.25) is 9.59 Å². The molecule has 1 heterocycles. The molecule has 0 saturated carbocycles. The highest BCUT2D eigenvalue weighted by atomic mass is 16.5. The number of methoxy groups -OCH3 is 1. The molecular weight excluding hydrogens is 396 g/mol. The zero-order valence-corrected chi connectivity index (χ0v) is 18.1. The summed E-state index contributed by atoms with van der Waals surface area (Å²) in [6.07, 6.45) is 1.99. The summed E-state index contributed by atoms with van der Waals surface area (Å²) in [5.74, 6) is 0.864. The molecule has 2 amide bonds. The van der Waals surface area contributed by atoms with Gasteiger partial charge < -0.3 is 24.4 Å². The predicted octanol–water partition coefficient (Wildman–Crippen LogP) is 2.79. The van der Waals surface area contributed by atoms with Crippen molar-refractivity contribution in [3.05, 3.63) is 60.2 Å². The number of carbonyl (C=O) groups excluding carboxylic acids is 2. The molecule has 1 fully saturated rings. The molecule has 0 radical (unpaired) electrons. The predicted molar refractivity (Wildman–Crippen MR) is 117 cm³/mol. The number of carbonyl (C=O) groups is 2. The second-order valence-electron chi connectivity index (χ2n) is 7.53. The smallest absolute Gasteiger partial charge is 0.261 e. The number of nitrogens with zero attached hydrogens (tertiary/aromatic N) is 1. The van der Waals surface area contributed by atoms with E-state index >= 15 is 0 Å². The van der Waals surface area contributed by atoms with Crippen LogP contribution in [0.4, 0.5) is 0 Å². The highest BCUT2D eigenvalue weighted by Crippen LogP contribution is 2.16. The van der Waals surface area contributed by atoms with Crippen molar-refractivity contribution in [2.45, 2.75) is 38.5 Å². The standard InChI is InChI=1S/C24H30N2O5/c1-18(24(28)25-15-22-9-6-14-30-22)26(16-19-10-12-20(29-2)13-11-19)23(27)17-31-21-7-4-3-5-8-21/h3-5,7-8,10-13,18,22H,6,9,14-17H2,1-2H3,(H,25,28)/t18-,22+/m1/s1. The van der Waals surface area contributed by atoms with Crippen LogP contribution in [0, 0.1) is 0 Å². The van der Waals surface area contributed by atoms with Crippen LogP contribution in [-0.4, -0.2) is 55.7 Å². The molecule has 2 aromatic rings. The summed E-state index contributed by atoms with van der Waals surface area (Å²) in [6, 6.07) is 15.9. The summed E-state index contributed by atoms with van der Waals surface area (Å²) in [5, 5.41) is 2.92. The maximum atomic E-state index is 13.0. The lowest BCUT2D eigenvalue weighted by Crippen LogP contribution is -2.50. The van der Waals surface area contributed by atoms with Gasteiger partial charge in [0.25, 0.3) is 5.91 Å². The summed E-state index contributed by atoms with van der Waals surface area (Å²) in [5.41, 5.74) is 0.896. The lowest BCUT2D eigenvalue weighted by molar-refractivity contribution is -0.142. The Bertz CT molecular complexity index is 835. The quantitative estimate of drug-likeness (QED) is 0.632. The molecule has 0 aliphatic carbocycles. The van der Waals surface area contributed by atoms with Crippen molar-refractivity contribution in [2.75, 3.05) is 26.9 Å². The minimum atomic E-state index is -0.657. The van der Waals surface area contributed by atoms with Crippen molar-refractivity contribution in [1.82, 2.24) is 10.2 Å². The molecule has 2 aromatic carbocycles. The molecular formula is C24H30N2O5. The third kappa shape index (κ3) is 6.72. The Labute approximate surface area is 183 Å². The Morgan fingerprint density at radius 1 is 1.13 bits per heavy atom. The van der Waals surface area contributed by atoms with Crippen LogP contribution >= 0.6 is 0 Å². The van der Waals surface area contributed by atoms with Crippen LogP contribution in [-0.2, 0) is 20.9 Å². The molecule has 1 aliphatic rings. The number of nitrogens with one attached hydrogen (secondary N) is 1. The number of hydrogen-bond donors (Lipinski definition) is 1. The molecule has 7 nitrogen and oxygen atoms in total. The van der Waals surface area contributed by atoms with E-state index in [4.69, 9.17) is 14.2 Å². The first kappa shape index (κ1) is 22.6. The number of benzene rings is 2. The molecule has 166 valence electrons. The van der Waals surface area contributed by atoms with Crippen LogP contribution in [0.15, 0.2) is 54.6 Å². The van der Waals surface area contributed by atoms with Gasteiger partial charge in [0.2, 0.25) is 5.91 Å². The third-order valence-electron chi connectivity index (χ3n) is 5.31. The normalized spacial score (nSPS) is 16.4. The molecule has 1 N–H and O–H groups in total. The van der Waals surface area contributed by atoms with Gasteiger partial charge >= 0.3 is 0 Å². The Balaban J connectivity index is 1.66. The third-order valence-corrected chi connectivity index (χ3v) is 5.31. The van der Waals surface area contributed by atoms with Gasteiger partial charge in [0.15, 0.2) is 6.61 Å². The van der Waals surface area contributed by atoms with Crippen molar-refractivity contribution in [2.24, 2.45) is 0 Å². The van der Waals surface area contributed by atoms with E-state index in [1.54, 1.807) is 26.2 Å². The summed E-state index contributed by atoms with van der Waals surface area (Å²) >= 11 is 0. The van der Waals surface area contributed by atoms with Gasteiger partial charge in [-0.2, -0.15) is 0 Å². The summed E-state index contributed by atoms with van der Waals surface area (Å²) in [6.45, 7) is 3.05. The first-order chi connectivity index (χ1) is 15.1. The van der Waals surface area contributed by atoms with Crippen molar-refractivity contribution in [3.8, 4) is 11.5 Å². The second-order valence-corrected chi connectivity index (χ2v) is 7.53. The van der Waals surface area contributed by atoms with Crippen LogP contribution < -0.4 is 14.8 Å². The minimum absolute atomic E-state index is 0.0447. The Morgan fingerprint density at radius 2 is 1.87 bits per heavy atom. The molecule has 3 rings (SSSR count). The van der Waals surface area contributed by atoms with Crippen LogP contribution in [0.5, 0.6) is 11.5 Å².